The van der Waals surface area contributed by atoms with Gasteiger partial charge in [-0.15, -0.1) is 0 Å². The summed E-state index contributed by atoms with van der Waals surface area (Å²) >= 11 is 0. The second-order valence-corrected chi connectivity index (χ2v) is 4.74. The molecule has 0 bridgehead atoms. The standard InChI is InChI=1S/C14H16FN3O2/c1-18(2)8-7-11-16-13(19)12(14(20)17-11)9-5-3-4-6-10(9)15/h3-6H,7-8H2,1-2H3,(H2,16,17,19,20). The van der Waals surface area contributed by atoms with Crippen LogP contribution in [0.3, 0.4) is 0 Å². The second-order valence-electron chi connectivity index (χ2n) is 4.74. The van der Waals surface area contributed by atoms with Gasteiger partial charge in [-0.2, -0.15) is 4.98 Å². The van der Waals surface area contributed by atoms with Gasteiger partial charge in [-0.25, -0.2) is 4.39 Å². The van der Waals surface area contributed by atoms with Gasteiger partial charge < -0.3 is 15.0 Å². The van der Waals surface area contributed by atoms with Crippen LogP contribution >= 0.6 is 0 Å². The minimum absolute atomic E-state index is 0.0397. The predicted molar refractivity (Wildman–Crippen MR) is 74.2 cm³/mol. The van der Waals surface area contributed by atoms with Crippen molar-refractivity contribution in [3.63, 3.8) is 0 Å². The third kappa shape index (κ3) is 3.03. The Balaban J connectivity index is 2.42. The molecular formula is C14H16FN3O2. The lowest BCUT2D eigenvalue weighted by atomic mass is 10.1. The van der Waals surface area contributed by atoms with E-state index in [0.29, 0.717) is 18.8 Å². The van der Waals surface area contributed by atoms with Crippen molar-refractivity contribution in [2.75, 3.05) is 20.6 Å². The number of likely N-dealkylation sites (N-methyl/N-ethyl adjacent to an activating group) is 1. The van der Waals surface area contributed by atoms with E-state index in [2.05, 4.69) is 9.97 Å². The molecule has 2 aromatic rings. The molecule has 1 aromatic carbocycles. The maximum atomic E-state index is 13.7. The first-order valence-electron chi connectivity index (χ1n) is 6.21. The number of aromatic nitrogens is 2. The van der Waals surface area contributed by atoms with E-state index in [1.807, 2.05) is 19.0 Å². The van der Waals surface area contributed by atoms with Crippen molar-refractivity contribution < 1.29 is 9.50 Å². The van der Waals surface area contributed by atoms with Crippen molar-refractivity contribution in [2.45, 2.75) is 6.42 Å². The SMILES string of the molecule is CN(C)CCc1nc(O)c(-c2ccccc2F)c(=O)[nH]1. The summed E-state index contributed by atoms with van der Waals surface area (Å²) in [6.45, 7) is 0.682. The summed E-state index contributed by atoms with van der Waals surface area (Å²) < 4.78 is 13.7. The van der Waals surface area contributed by atoms with Crippen LogP contribution in [0.1, 0.15) is 5.82 Å². The van der Waals surface area contributed by atoms with E-state index in [0.717, 1.165) is 0 Å². The van der Waals surface area contributed by atoms with Crippen LogP contribution in [-0.4, -0.2) is 40.6 Å². The van der Waals surface area contributed by atoms with Crippen LogP contribution in [0.4, 0.5) is 4.39 Å². The fraction of sp³-hybridized carbons (Fsp3) is 0.286. The fourth-order valence-electron chi connectivity index (χ4n) is 1.86. The number of hydrogen-bond acceptors (Lipinski definition) is 4. The van der Waals surface area contributed by atoms with Gasteiger partial charge in [0.05, 0.1) is 0 Å². The quantitative estimate of drug-likeness (QED) is 0.886. The minimum Gasteiger partial charge on any atom is -0.493 e. The first-order valence-corrected chi connectivity index (χ1v) is 6.21. The van der Waals surface area contributed by atoms with E-state index < -0.39 is 17.3 Å². The maximum absolute atomic E-state index is 13.7. The zero-order valence-electron chi connectivity index (χ0n) is 11.4. The Bertz CT molecular complexity index is 668. The monoisotopic (exact) mass is 277 g/mol. The lowest BCUT2D eigenvalue weighted by Gasteiger charge is -2.10. The molecule has 0 aliphatic heterocycles. The summed E-state index contributed by atoms with van der Waals surface area (Å²) in [7, 11) is 3.79. The Morgan fingerprint density at radius 3 is 2.65 bits per heavy atom. The van der Waals surface area contributed by atoms with E-state index in [1.54, 1.807) is 6.07 Å². The number of aromatic hydroxyl groups is 1. The molecule has 0 spiro atoms. The summed E-state index contributed by atoms with van der Waals surface area (Å²) in [5.74, 6) is -0.648. The molecule has 6 heteroatoms. The highest BCUT2D eigenvalue weighted by molar-refractivity contribution is 5.67. The van der Waals surface area contributed by atoms with Crippen LogP contribution in [0.25, 0.3) is 11.1 Å². The topological polar surface area (TPSA) is 69.2 Å². The fourth-order valence-corrected chi connectivity index (χ4v) is 1.86. The van der Waals surface area contributed by atoms with Crippen molar-refractivity contribution in [1.29, 1.82) is 0 Å². The highest BCUT2D eigenvalue weighted by Gasteiger charge is 2.16. The van der Waals surface area contributed by atoms with Crippen molar-refractivity contribution in [2.24, 2.45) is 0 Å². The molecule has 0 saturated heterocycles. The molecule has 1 aromatic heterocycles. The van der Waals surface area contributed by atoms with Crippen LogP contribution in [-0.2, 0) is 6.42 Å². The lowest BCUT2D eigenvalue weighted by molar-refractivity contribution is 0.404. The number of aromatic amines is 1. The maximum Gasteiger partial charge on any atom is 0.262 e. The Morgan fingerprint density at radius 2 is 2.05 bits per heavy atom. The number of benzene rings is 1. The summed E-state index contributed by atoms with van der Waals surface area (Å²) in [6, 6.07) is 5.77. The molecular weight excluding hydrogens is 261 g/mol. The zero-order chi connectivity index (χ0) is 14.7. The van der Waals surface area contributed by atoms with Gasteiger partial charge in [0.15, 0.2) is 0 Å². The number of nitrogens with one attached hydrogen (secondary N) is 1. The Morgan fingerprint density at radius 1 is 1.35 bits per heavy atom. The van der Waals surface area contributed by atoms with Crippen LogP contribution in [0.2, 0.25) is 0 Å². The van der Waals surface area contributed by atoms with Crippen molar-refractivity contribution >= 4 is 0 Å². The smallest absolute Gasteiger partial charge is 0.262 e. The number of hydrogen-bond donors (Lipinski definition) is 2. The van der Waals surface area contributed by atoms with Gasteiger partial charge >= 0.3 is 0 Å². The Labute approximate surface area is 115 Å². The largest absolute Gasteiger partial charge is 0.493 e. The van der Waals surface area contributed by atoms with E-state index in [-0.39, 0.29) is 11.1 Å². The third-order valence-corrected chi connectivity index (χ3v) is 2.89. The average Bonchev–Trinajstić information content (AvgIpc) is 2.38. The molecule has 0 atom stereocenters. The van der Waals surface area contributed by atoms with Gasteiger partial charge in [0.1, 0.15) is 17.2 Å². The molecule has 0 unspecified atom stereocenters. The molecule has 0 aliphatic carbocycles. The van der Waals surface area contributed by atoms with E-state index in [1.165, 1.54) is 18.2 Å². The lowest BCUT2D eigenvalue weighted by Crippen LogP contribution is -2.20. The summed E-state index contributed by atoms with van der Waals surface area (Å²) in [5.41, 5.74) is -0.647. The molecule has 1 heterocycles. The molecule has 0 fully saturated rings. The van der Waals surface area contributed by atoms with Gasteiger partial charge in [0.2, 0.25) is 5.88 Å². The molecule has 2 N–H and O–H groups in total. The highest BCUT2D eigenvalue weighted by atomic mass is 19.1. The van der Waals surface area contributed by atoms with Crippen LogP contribution in [0.15, 0.2) is 29.1 Å². The Hall–Kier alpha value is -2.21. The van der Waals surface area contributed by atoms with Crippen LogP contribution in [0, 0.1) is 5.82 Å². The zero-order valence-corrected chi connectivity index (χ0v) is 11.4. The van der Waals surface area contributed by atoms with Gasteiger partial charge in [-0.1, -0.05) is 18.2 Å². The number of nitrogens with zero attached hydrogens (tertiary/aromatic N) is 2. The highest BCUT2D eigenvalue weighted by Crippen LogP contribution is 2.25. The average molecular weight is 277 g/mol. The molecule has 0 saturated carbocycles. The predicted octanol–water partition coefficient (Wildman–Crippen LogP) is 1.39. The van der Waals surface area contributed by atoms with Crippen molar-refractivity contribution in [3.05, 3.63) is 46.3 Å². The normalized spacial score (nSPS) is 11.0. The van der Waals surface area contributed by atoms with Crippen LogP contribution in [0.5, 0.6) is 5.88 Å². The molecule has 20 heavy (non-hydrogen) atoms. The summed E-state index contributed by atoms with van der Waals surface area (Å²) in [4.78, 5) is 20.5. The number of H-pyrrole nitrogens is 1. The number of halogens is 1. The molecule has 106 valence electrons. The minimum atomic E-state index is -0.573. The van der Waals surface area contributed by atoms with Gasteiger partial charge in [0.25, 0.3) is 5.56 Å². The molecule has 0 radical (unpaired) electrons. The van der Waals surface area contributed by atoms with Gasteiger partial charge in [-0.05, 0) is 20.2 Å². The van der Waals surface area contributed by atoms with Gasteiger partial charge in [-0.3, -0.25) is 4.79 Å². The van der Waals surface area contributed by atoms with Crippen molar-refractivity contribution in [3.8, 4) is 17.0 Å². The first kappa shape index (κ1) is 14.2. The van der Waals surface area contributed by atoms with E-state index >= 15 is 0 Å². The Kier molecular flexibility index (Phi) is 4.14. The first-order chi connectivity index (χ1) is 9.49. The second kappa shape index (κ2) is 5.83. The third-order valence-electron chi connectivity index (χ3n) is 2.89. The van der Waals surface area contributed by atoms with Gasteiger partial charge in [0, 0.05) is 18.5 Å². The number of rotatable bonds is 4. The molecule has 5 nitrogen and oxygen atoms in total. The van der Waals surface area contributed by atoms with Crippen molar-refractivity contribution in [1.82, 2.24) is 14.9 Å². The molecule has 0 amide bonds. The summed E-state index contributed by atoms with van der Waals surface area (Å²) in [5, 5.41) is 9.90. The van der Waals surface area contributed by atoms with Crippen LogP contribution < -0.4 is 5.56 Å². The van der Waals surface area contributed by atoms with E-state index in [4.69, 9.17) is 0 Å². The summed E-state index contributed by atoms with van der Waals surface area (Å²) in [6.07, 6.45) is 0.493. The molecule has 0 aliphatic rings. The van der Waals surface area contributed by atoms with E-state index in [9.17, 15) is 14.3 Å². The molecule has 2 rings (SSSR count).